The number of rotatable bonds is 6. The number of aromatic carboxylic acids is 1. The van der Waals surface area contributed by atoms with Gasteiger partial charge in [0.15, 0.2) is 5.56 Å². The van der Waals surface area contributed by atoms with E-state index in [1.54, 1.807) is 0 Å². The SMILES string of the molecule is CCCc1c(-c2ccc3c(c2)cc(CN2CCC2)n3C)[nH]c(=O)c(C(=O)O)c1O. The molecular weight excluding hydrogens is 370 g/mol. The van der Waals surface area contributed by atoms with E-state index in [2.05, 4.69) is 27.6 Å². The average Bonchev–Trinajstić information content (AvgIpc) is 2.95. The minimum atomic E-state index is -1.43. The highest BCUT2D eigenvalue weighted by Crippen LogP contribution is 2.33. The van der Waals surface area contributed by atoms with Gasteiger partial charge in [0.1, 0.15) is 5.75 Å². The molecule has 1 aromatic carbocycles. The fourth-order valence-corrected chi connectivity index (χ4v) is 4.05. The van der Waals surface area contributed by atoms with E-state index in [0.29, 0.717) is 24.1 Å². The number of carboxylic acid groups (broad SMARTS) is 1. The molecule has 0 atom stereocenters. The summed E-state index contributed by atoms with van der Waals surface area (Å²) >= 11 is 0. The zero-order valence-corrected chi connectivity index (χ0v) is 16.7. The number of carboxylic acids is 1. The molecule has 2 aromatic heterocycles. The lowest BCUT2D eigenvalue weighted by molar-refractivity contribution is 0.0691. The van der Waals surface area contributed by atoms with Crippen LogP contribution in [0.4, 0.5) is 0 Å². The van der Waals surface area contributed by atoms with Gasteiger partial charge in [-0.25, -0.2) is 4.79 Å². The number of H-pyrrole nitrogens is 1. The molecule has 0 saturated carbocycles. The van der Waals surface area contributed by atoms with Gasteiger partial charge >= 0.3 is 5.97 Å². The number of nitrogens with zero attached hydrogens (tertiary/aromatic N) is 2. The molecule has 7 heteroatoms. The van der Waals surface area contributed by atoms with Crippen LogP contribution in [0, 0.1) is 0 Å². The van der Waals surface area contributed by atoms with Crippen molar-refractivity contribution in [3.8, 4) is 17.0 Å². The Morgan fingerprint density at radius 1 is 1.24 bits per heavy atom. The standard InChI is InChI=1S/C22H25N3O4/c1-3-5-16-19(23-21(27)18(20(16)26)22(28)29)13-6-7-17-14(10-13)11-15(24(17)2)12-25-8-4-9-25/h6-7,10-11H,3-5,8-9,12H2,1-2H3,(H,28,29)(H2,23,26,27). The van der Waals surface area contributed by atoms with Gasteiger partial charge in [0.05, 0.1) is 5.69 Å². The Labute approximate surface area is 168 Å². The second-order valence-electron chi connectivity index (χ2n) is 7.68. The van der Waals surface area contributed by atoms with Crippen molar-refractivity contribution in [2.45, 2.75) is 32.7 Å². The molecule has 3 N–H and O–H groups in total. The lowest BCUT2D eigenvalue weighted by Crippen LogP contribution is -2.36. The zero-order valence-electron chi connectivity index (χ0n) is 16.7. The maximum atomic E-state index is 12.3. The van der Waals surface area contributed by atoms with Gasteiger partial charge in [0, 0.05) is 35.8 Å². The minimum absolute atomic E-state index is 0.440. The van der Waals surface area contributed by atoms with Crippen LogP contribution < -0.4 is 5.56 Å². The second-order valence-corrected chi connectivity index (χ2v) is 7.68. The highest BCUT2D eigenvalue weighted by Gasteiger charge is 2.23. The maximum absolute atomic E-state index is 12.3. The monoisotopic (exact) mass is 395 g/mol. The summed E-state index contributed by atoms with van der Waals surface area (Å²) in [7, 11) is 2.05. The number of aryl methyl sites for hydroxylation is 1. The zero-order chi connectivity index (χ0) is 20.7. The first-order valence-corrected chi connectivity index (χ1v) is 9.93. The third-order valence-corrected chi connectivity index (χ3v) is 5.77. The first kappa shape index (κ1) is 19.3. The van der Waals surface area contributed by atoms with E-state index in [1.807, 2.05) is 25.1 Å². The van der Waals surface area contributed by atoms with Gasteiger partial charge in [-0.05, 0) is 49.7 Å². The van der Waals surface area contributed by atoms with Crippen LogP contribution in [0.1, 0.15) is 41.4 Å². The summed E-state index contributed by atoms with van der Waals surface area (Å²) in [5.41, 5.74) is 2.62. The van der Waals surface area contributed by atoms with E-state index in [4.69, 9.17) is 0 Å². The molecule has 1 fully saturated rings. The first-order valence-electron chi connectivity index (χ1n) is 9.93. The molecule has 152 valence electrons. The molecule has 0 amide bonds. The molecule has 1 aliphatic rings. The largest absolute Gasteiger partial charge is 0.506 e. The fourth-order valence-electron chi connectivity index (χ4n) is 4.05. The molecule has 7 nitrogen and oxygen atoms in total. The quantitative estimate of drug-likeness (QED) is 0.596. The van der Waals surface area contributed by atoms with E-state index in [1.165, 1.54) is 12.1 Å². The summed E-state index contributed by atoms with van der Waals surface area (Å²) in [4.78, 5) is 28.8. The van der Waals surface area contributed by atoms with Crippen LogP contribution in [0.5, 0.6) is 5.75 Å². The van der Waals surface area contributed by atoms with Crippen LogP contribution in [0.2, 0.25) is 0 Å². The molecule has 3 heterocycles. The number of benzene rings is 1. The summed E-state index contributed by atoms with van der Waals surface area (Å²) in [5, 5.41) is 20.8. The molecule has 1 aliphatic heterocycles. The van der Waals surface area contributed by atoms with Gasteiger partial charge in [-0.2, -0.15) is 0 Å². The van der Waals surface area contributed by atoms with Crippen molar-refractivity contribution in [2.75, 3.05) is 13.1 Å². The highest BCUT2D eigenvalue weighted by molar-refractivity contribution is 5.92. The summed E-state index contributed by atoms with van der Waals surface area (Å²) < 4.78 is 2.18. The molecule has 29 heavy (non-hydrogen) atoms. The molecule has 0 bridgehead atoms. The van der Waals surface area contributed by atoms with Crippen molar-refractivity contribution >= 4 is 16.9 Å². The van der Waals surface area contributed by atoms with Crippen LogP contribution in [-0.4, -0.2) is 43.7 Å². The predicted molar refractivity (Wildman–Crippen MR) is 111 cm³/mol. The third kappa shape index (κ3) is 3.31. The average molecular weight is 395 g/mol. The van der Waals surface area contributed by atoms with E-state index in [0.717, 1.165) is 36.1 Å². The summed E-state index contributed by atoms with van der Waals surface area (Å²) in [6.07, 6.45) is 2.42. The van der Waals surface area contributed by atoms with Crippen molar-refractivity contribution in [1.29, 1.82) is 0 Å². The van der Waals surface area contributed by atoms with Gasteiger partial charge in [0.25, 0.3) is 5.56 Å². The van der Waals surface area contributed by atoms with Crippen molar-refractivity contribution < 1.29 is 15.0 Å². The van der Waals surface area contributed by atoms with Gasteiger partial charge in [-0.3, -0.25) is 9.69 Å². The Morgan fingerprint density at radius 2 is 2.00 bits per heavy atom. The Morgan fingerprint density at radius 3 is 2.62 bits per heavy atom. The minimum Gasteiger partial charge on any atom is -0.506 e. The van der Waals surface area contributed by atoms with Crippen LogP contribution in [0.15, 0.2) is 29.1 Å². The van der Waals surface area contributed by atoms with E-state index in [-0.39, 0.29) is 0 Å². The topological polar surface area (TPSA) is 98.6 Å². The number of fused-ring (bicyclic) bond motifs is 1. The molecule has 1 saturated heterocycles. The molecular formula is C22H25N3O4. The van der Waals surface area contributed by atoms with Gasteiger partial charge in [0.2, 0.25) is 0 Å². The van der Waals surface area contributed by atoms with Gasteiger partial charge in [-0.1, -0.05) is 19.4 Å². The lowest BCUT2D eigenvalue weighted by atomic mass is 9.98. The Balaban J connectivity index is 1.83. The number of nitrogens with one attached hydrogen (secondary N) is 1. The van der Waals surface area contributed by atoms with Crippen molar-refractivity contribution in [3.05, 3.63) is 51.4 Å². The molecule has 0 radical (unpaired) electrons. The van der Waals surface area contributed by atoms with Crippen LogP contribution in [-0.2, 0) is 20.0 Å². The van der Waals surface area contributed by atoms with Gasteiger partial charge < -0.3 is 19.8 Å². The van der Waals surface area contributed by atoms with Crippen molar-refractivity contribution in [1.82, 2.24) is 14.5 Å². The molecule has 0 unspecified atom stereocenters. The predicted octanol–water partition coefficient (Wildman–Crippen LogP) is 3.10. The maximum Gasteiger partial charge on any atom is 0.345 e. The molecule has 0 aliphatic carbocycles. The summed E-state index contributed by atoms with van der Waals surface area (Å²) in [5.74, 6) is -1.87. The fraction of sp³-hybridized carbons (Fsp3) is 0.364. The summed E-state index contributed by atoms with van der Waals surface area (Å²) in [6.45, 7) is 5.11. The Hall–Kier alpha value is -3.06. The summed E-state index contributed by atoms with van der Waals surface area (Å²) in [6, 6.07) is 8.04. The molecule has 4 rings (SSSR count). The number of aromatic amines is 1. The number of likely N-dealkylation sites (tertiary alicyclic amines) is 1. The number of hydrogen-bond donors (Lipinski definition) is 3. The number of aromatic hydroxyl groups is 1. The van der Waals surface area contributed by atoms with Crippen LogP contribution in [0.25, 0.3) is 22.2 Å². The van der Waals surface area contributed by atoms with E-state index < -0.39 is 22.8 Å². The van der Waals surface area contributed by atoms with Crippen LogP contribution in [0.3, 0.4) is 0 Å². The third-order valence-electron chi connectivity index (χ3n) is 5.77. The smallest absolute Gasteiger partial charge is 0.345 e. The normalized spacial score (nSPS) is 14.3. The first-order chi connectivity index (χ1) is 13.9. The van der Waals surface area contributed by atoms with Gasteiger partial charge in [-0.15, -0.1) is 0 Å². The highest BCUT2D eigenvalue weighted by atomic mass is 16.4. The number of pyridine rings is 1. The number of hydrogen-bond acceptors (Lipinski definition) is 4. The van der Waals surface area contributed by atoms with Crippen molar-refractivity contribution in [3.63, 3.8) is 0 Å². The van der Waals surface area contributed by atoms with E-state index >= 15 is 0 Å². The molecule has 0 spiro atoms. The van der Waals surface area contributed by atoms with Crippen molar-refractivity contribution in [2.24, 2.45) is 7.05 Å². The van der Waals surface area contributed by atoms with Crippen LogP contribution >= 0.6 is 0 Å². The Kier molecular flexibility index (Phi) is 4.92. The number of aromatic nitrogens is 2. The second kappa shape index (κ2) is 7.40. The lowest BCUT2D eigenvalue weighted by Gasteiger charge is -2.30. The number of carbonyl (C=O) groups is 1. The van der Waals surface area contributed by atoms with E-state index in [9.17, 15) is 19.8 Å². The molecule has 3 aromatic rings. The Bertz CT molecular complexity index is 1160.